The van der Waals surface area contributed by atoms with Gasteiger partial charge in [-0.15, -0.1) is 0 Å². The van der Waals surface area contributed by atoms with Crippen LogP contribution in [0.2, 0.25) is 0 Å². The predicted octanol–water partition coefficient (Wildman–Crippen LogP) is 3.05. The van der Waals surface area contributed by atoms with Crippen LogP contribution in [-0.2, 0) is 9.59 Å². The molecule has 24 heavy (non-hydrogen) atoms. The maximum Gasteiger partial charge on any atom is 0.219 e. The highest BCUT2D eigenvalue weighted by atomic mass is 16.1. The van der Waals surface area contributed by atoms with Crippen molar-refractivity contribution in [2.45, 2.75) is 89.9 Å². The summed E-state index contributed by atoms with van der Waals surface area (Å²) in [6, 6.07) is 0. The van der Waals surface area contributed by atoms with Gasteiger partial charge in [0.25, 0.3) is 0 Å². The fourth-order valence-corrected chi connectivity index (χ4v) is 2.67. The summed E-state index contributed by atoms with van der Waals surface area (Å²) in [5.74, 6) is 0.454. The minimum Gasteiger partial charge on any atom is -0.356 e. The number of rotatable bonds is 18. The molecule has 1 amide bonds. The van der Waals surface area contributed by atoms with Gasteiger partial charge >= 0.3 is 0 Å². The minimum atomic E-state index is 0.112. The van der Waals surface area contributed by atoms with E-state index in [-0.39, 0.29) is 5.91 Å². The molecule has 0 saturated carbocycles. The summed E-state index contributed by atoms with van der Waals surface area (Å²) in [4.78, 5) is 23.4. The Labute approximate surface area is 148 Å². The van der Waals surface area contributed by atoms with E-state index in [0.29, 0.717) is 25.0 Å². The maximum atomic E-state index is 11.7. The lowest BCUT2D eigenvalue weighted by molar-refractivity contribution is -0.122. The molecule has 0 radical (unpaired) electrons. The van der Waals surface area contributed by atoms with Crippen LogP contribution in [0.15, 0.2) is 0 Å². The van der Waals surface area contributed by atoms with Crippen LogP contribution in [0.5, 0.6) is 0 Å². The number of Topliss-reactive ketones (excluding diaryl/α,β-unsaturated/α-hetero) is 1. The van der Waals surface area contributed by atoms with Crippen LogP contribution in [0.3, 0.4) is 0 Å². The maximum absolute atomic E-state index is 11.7. The van der Waals surface area contributed by atoms with Crippen molar-refractivity contribution >= 4 is 11.7 Å². The number of amides is 1. The second kappa shape index (κ2) is 18.4. The van der Waals surface area contributed by atoms with E-state index in [0.717, 1.165) is 77.4 Å². The van der Waals surface area contributed by atoms with Crippen molar-refractivity contribution in [3.05, 3.63) is 0 Å². The van der Waals surface area contributed by atoms with Gasteiger partial charge in [0.15, 0.2) is 0 Å². The van der Waals surface area contributed by atoms with Crippen molar-refractivity contribution in [3.63, 3.8) is 0 Å². The Morgan fingerprint density at radius 1 is 0.583 bits per heavy atom. The van der Waals surface area contributed by atoms with Crippen LogP contribution in [0, 0.1) is 0 Å². The smallest absolute Gasteiger partial charge is 0.219 e. The summed E-state index contributed by atoms with van der Waals surface area (Å²) in [5.41, 5.74) is 10.9. The molecular weight excluding hydrogens is 302 g/mol. The first-order valence-corrected chi connectivity index (χ1v) is 9.89. The fourth-order valence-electron chi connectivity index (χ4n) is 2.67. The standard InChI is InChI=1S/C19H39N3O2/c20-15-9-3-1-2-6-12-18(23)13-7-8-14-19(24)22-17-11-5-4-10-16-21/h1-17,20-21H2,(H,22,24). The summed E-state index contributed by atoms with van der Waals surface area (Å²) in [7, 11) is 0. The van der Waals surface area contributed by atoms with E-state index in [4.69, 9.17) is 11.5 Å². The number of carbonyl (C=O) groups is 2. The van der Waals surface area contributed by atoms with E-state index in [2.05, 4.69) is 5.32 Å². The molecule has 0 bridgehead atoms. The summed E-state index contributed by atoms with van der Waals surface area (Å²) in [6.07, 6.45) is 13.4. The average molecular weight is 342 g/mol. The summed E-state index contributed by atoms with van der Waals surface area (Å²) in [6.45, 7) is 2.27. The van der Waals surface area contributed by atoms with Gasteiger partial charge in [0, 0.05) is 25.8 Å². The zero-order valence-electron chi connectivity index (χ0n) is 15.5. The Bertz CT molecular complexity index is 279. The molecule has 5 N–H and O–H groups in total. The second-order valence-corrected chi connectivity index (χ2v) is 6.61. The lowest BCUT2D eigenvalue weighted by atomic mass is 10.0. The average Bonchev–Trinajstić information content (AvgIpc) is 2.58. The van der Waals surface area contributed by atoms with Crippen molar-refractivity contribution in [2.75, 3.05) is 19.6 Å². The van der Waals surface area contributed by atoms with Crippen LogP contribution in [0.1, 0.15) is 89.9 Å². The number of hydrogen-bond donors (Lipinski definition) is 3. The number of hydrogen-bond acceptors (Lipinski definition) is 4. The molecule has 0 unspecified atom stereocenters. The molecule has 0 fully saturated rings. The van der Waals surface area contributed by atoms with Gasteiger partial charge < -0.3 is 16.8 Å². The molecule has 0 aromatic heterocycles. The van der Waals surface area contributed by atoms with Gasteiger partial charge in [0.1, 0.15) is 5.78 Å². The van der Waals surface area contributed by atoms with E-state index in [1.165, 1.54) is 12.8 Å². The SMILES string of the molecule is NCCCCCCCC(=O)CCCCC(=O)NCCCCCCN. The number of unbranched alkanes of at least 4 members (excludes halogenated alkanes) is 8. The number of nitrogens with two attached hydrogens (primary N) is 2. The highest BCUT2D eigenvalue weighted by Gasteiger charge is 2.04. The third kappa shape index (κ3) is 17.4. The molecule has 0 spiro atoms. The van der Waals surface area contributed by atoms with Gasteiger partial charge in [0.2, 0.25) is 5.91 Å². The Hall–Kier alpha value is -0.940. The number of nitrogens with one attached hydrogen (secondary N) is 1. The summed E-state index contributed by atoms with van der Waals surface area (Å²) < 4.78 is 0. The third-order valence-electron chi connectivity index (χ3n) is 4.22. The Balaban J connectivity index is 3.31. The van der Waals surface area contributed by atoms with E-state index in [1.807, 2.05) is 0 Å². The molecule has 0 heterocycles. The fraction of sp³-hybridized carbons (Fsp3) is 0.895. The van der Waals surface area contributed by atoms with Crippen molar-refractivity contribution in [2.24, 2.45) is 11.5 Å². The second-order valence-electron chi connectivity index (χ2n) is 6.61. The molecule has 5 heteroatoms. The highest BCUT2D eigenvalue weighted by molar-refractivity contribution is 5.78. The molecule has 0 aliphatic carbocycles. The van der Waals surface area contributed by atoms with Crippen molar-refractivity contribution in [1.82, 2.24) is 5.32 Å². The predicted molar refractivity (Wildman–Crippen MR) is 101 cm³/mol. The van der Waals surface area contributed by atoms with Crippen LogP contribution < -0.4 is 16.8 Å². The monoisotopic (exact) mass is 341 g/mol. The van der Waals surface area contributed by atoms with Crippen LogP contribution in [0.25, 0.3) is 0 Å². The first kappa shape index (κ1) is 23.1. The Morgan fingerprint density at radius 2 is 1.04 bits per heavy atom. The zero-order valence-corrected chi connectivity index (χ0v) is 15.5. The van der Waals surface area contributed by atoms with Crippen molar-refractivity contribution in [3.8, 4) is 0 Å². The molecule has 0 atom stereocenters. The Morgan fingerprint density at radius 3 is 1.67 bits per heavy atom. The van der Waals surface area contributed by atoms with Gasteiger partial charge in [-0.3, -0.25) is 9.59 Å². The molecule has 0 rings (SSSR count). The van der Waals surface area contributed by atoms with Crippen LogP contribution in [-0.4, -0.2) is 31.3 Å². The van der Waals surface area contributed by atoms with Crippen LogP contribution >= 0.6 is 0 Å². The minimum absolute atomic E-state index is 0.112. The van der Waals surface area contributed by atoms with E-state index >= 15 is 0 Å². The molecule has 142 valence electrons. The third-order valence-corrected chi connectivity index (χ3v) is 4.22. The highest BCUT2D eigenvalue weighted by Crippen LogP contribution is 2.09. The Kier molecular flexibility index (Phi) is 17.7. The van der Waals surface area contributed by atoms with Crippen molar-refractivity contribution in [1.29, 1.82) is 0 Å². The van der Waals surface area contributed by atoms with Crippen molar-refractivity contribution < 1.29 is 9.59 Å². The number of carbonyl (C=O) groups excluding carboxylic acids is 2. The molecule has 0 aliphatic heterocycles. The zero-order chi connectivity index (χ0) is 17.9. The quantitative estimate of drug-likeness (QED) is 0.334. The van der Waals surface area contributed by atoms with Gasteiger partial charge in [-0.25, -0.2) is 0 Å². The first-order chi connectivity index (χ1) is 11.7. The molecule has 0 aromatic rings. The van der Waals surface area contributed by atoms with Gasteiger partial charge in [-0.2, -0.15) is 0 Å². The largest absolute Gasteiger partial charge is 0.356 e. The molecule has 0 aliphatic rings. The lowest BCUT2D eigenvalue weighted by Gasteiger charge is -2.05. The van der Waals surface area contributed by atoms with E-state index in [9.17, 15) is 9.59 Å². The van der Waals surface area contributed by atoms with E-state index in [1.54, 1.807) is 0 Å². The summed E-state index contributed by atoms with van der Waals surface area (Å²) >= 11 is 0. The first-order valence-electron chi connectivity index (χ1n) is 9.89. The van der Waals surface area contributed by atoms with Gasteiger partial charge in [0.05, 0.1) is 0 Å². The lowest BCUT2D eigenvalue weighted by Crippen LogP contribution is -2.24. The topological polar surface area (TPSA) is 98.2 Å². The van der Waals surface area contributed by atoms with Crippen LogP contribution in [0.4, 0.5) is 0 Å². The molecule has 0 aromatic carbocycles. The van der Waals surface area contributed by atoms with Gasteiger partial charge in [-0.05, 0) is 51.6 Å². The molecule has 0 saturated heterocycles. The van der Waals surface area contributed by atoms with E-state index < -0.39 is 0 Å². The molecular formula is C19H39N3O2. The van der Waals surface area contributed by atoms with Gasteiger partial charge in [-0.1, -0.05) is 32.1 Å². The number of ketones is 1. The summed E-state index contributed by atoms with van der Waals surface area (Å²) in [5, 5.41) is 2.94. The normalized spacial score (nSPS) is 10.8. The molecule has 5 nitrogen and oxygen atoms in total.